The molecule has 1 aromatic heterocycles. The standard InChI is InChI=1S/C10H10OS2/c1-6-3-4-7-8(5-6)13-10(11-2)9(7)12/h3-5,12H,1-2H3. The number of thiophene rings is 1. The van der Waals surface area contributed by atoms with Crippen LogP contribution >= 0.6 is 24.0 Å². The largest absolute Gasteiger partial charge is 0.486 e. The molecule has 1 nitrogen and oxygen atoms in total. The van der Waals surface area contributed by atoms with E-state index < -0.39 is 0 Å². The highest BCUT2D eigenvalue weighted by molar-refractivity contribution is 7.81. The minimum Gasteiger partial charge on any atom is -0.486 e. The molecule has 3 heteroatoms. The molecule has 2 aromatic rings. The lowest BCUT2D eigenvalue weighted by Crippen LogP contribution is -1.76. The van der Waals surface area contributed by atoms with Gasteiger partial charge in [-0.25, -0.2) is 0 Å². The molecule has 0 spiro atoms. The molecule has 0 aliphatic carbocycles. The van der Waals surface area contributed by atoms with Gasteiger partial charge in [0.1, 0.15) is 0 Å². The SMILES string of the molecule is COc1sc2cc(C)ccc2c1S. The second kappa shape index (κ2) is 3.24. The minimum atomic E-state index is 0.893. The number of ether oxygens (including phenoxy) is 1. The Morgan fingerprint density at radius 2 is 2.15 bits per heavy atom. The molecule has 68 valence electrons. The van der Waals surface area contributed by atoms with Crippen molar-refractivity contribution in [3.8, 4) is 5.06 Å². The molecular weight excluding hydrogens is 200 g/mol. The molecule has 0 unspecified atom stereocenters. The van der Waals surface area contributed by atoms with Crippen LogP contribution in [-0.4, -0.2) is 7.11 Å². The van der Waals surface area contributed by atoms with Crippen molar-refractivity contribution in [1.29, 1.82) is 0 Å². The second-order valence-corrected chi connectivity index (χ2v) is 4.40. The molecule has 1 aromatic carbocycles. The van der Waals surface area contributed by atoms with Gasteiger partial charge in [0.05, 0.1) is 12.0 Å². The summed E-state index contributed by atoms with van der Waals surface area (Å²) in [6, 6.07) is 6.34. The van der Waals surface area contributed by atoms with Crippen LogP contribution in [0.15, 0.2) is 23.1 Å². The molecule has 0 aliphatic rings. The van der Waals surface area contributed by atoms with Gasteiger partial charge in [-0.05, 0) is 18.6 Å². The summed E-state index contributed by atoms with van der Waals surface area (Å²) < 4.78 is 6.45. The number of hydrogen-bond donors (Lipinski definition) is 1. The summed E-state index contributed by atoms with van der Waals surface area (Å²) >= 11 is 6.05. The van der Waals surface area contributed by atoms with E-state index in [0.717, 1.165) is 9.96 Å². The first-order chi connectivity index (χ1) is 6.22. The average molecular weight is 210 g/mol. The number of thiol groups is 1. The molecule has 0 radical (unpaired) electrons. The number of hydrogen-bond acceptors (Lipinski definition) is 3. The maximum Gasteiger partial charge on any atom is 0.188 e. The third kappa shape index (κ3) is 1.42. The lowest BCUT2D eigenvalue weighted by Gasteiger charge is -1.93. The Bertz CT molecular complexity index is 445. The van der Waals surface area contributed by atoms with Crippen molar-refractivity contribution in [2.45, 2.75) is 11.8 Å². The van der Waals surface area contributed by atoms with E-state index in [1.165, 1.54) is 15.6 Å². The molecule has 0 saturated heterocycles. The number of methoxy groups -OCH3 is 1. The highest BCUT2D eigenvalue weighted by Gasteiger charge is 2.08. The highest BCUT2D eigenvalue weighted by atomic mass is 32.1. The summed E-state index contributed by atoms with van der Waals surface area (Å²) in [5.74, 6) is 0. The Morgan fingerprint density at radius 1 is 1.38 bits per heavy atom. The van der Waals surface area contributed by atoms with E-state index in [1.807, 2.05) is 0 Å². The van der Waals surface area contributed by atoms with E-state index in [4.69, 9.17) is 4.74 Å². The number of aryl methyl sites for hydroxylation is 1. The summed E-state index contributed by atoms with van der Waals surface area (Å²) in [5.41, 5.74) is 1.27. The van der Waals surface area contributed by atoms with Crippen LogP contribution < -0.4 is 4.74 Å². The zero-order valence-electron chi connectivity index (χ0n) is 7.50. The fourth-order valence-corrected chi connectivity index (χ4v) is 2.82. The molecular formula is C10H10OS2. The van der Waals surface area contributed by atoms with Gasteiger partial charge in [-0.1, -0.05) is 23.5 Å². The van der Waals surface area contributed by atoms with Crippen LogP contribution in [0, 0.1) is 6.92 Å². The van der Waals surface area contributed by atoms with Crippen LogP contribution in [0.25, 0.3) is 10.1 Å². The molecule has 0 N–H and O–H groups in total. The summed E-state index contributed by atoms with van der Waals surface area (Å²) in [6.45, 7) is 2.09. The minimum absolute atomic E-state index is 0.893. The second-order valence-electron chi connectivity index (χ2n) is 2.94. The number of fused-ring (bicyclic) bond motifs is 1. The molecule has 0 bridgehead atoms. The molecule has 0 saturated carbocycles. The van der Waals surface area contributed by atoms with Gasteiger partial charge in [-0.3, -0.25) is 0 Å². The zero-order chi connectivity index (χ0) is 9.42. The molecule has 13 heavy (non-hydrogen) atoms. The van der Waals surface area contributed by atoms with Crippen LogP contribution in [0.3, 0.4) is 0 Å². The first-order valence-electron chi connectivity index (χ1n) is 3.98. The summed E-state index contributed by atoms with van der Waals surface area (Å²) in [7, 11) is 1.68. The smallest absolute Gasteiger partial charge is 0.188 e. The van der Waals surface area contributed by atoms with Crippen LogP contribution in [-0.2, 0) is 0 Å². The zero-order valence-corrected chi connectivity index (χ0v) is 9.21. The van der Waals surface area contributed by atoms with E-state index in [2.05, 4.69) is 37.8 Å². The number of rotatable bonds is 1. The summed E-state index contributed by atoms with van der Waals surface area (Å²) in [5, 5.41) is 2.07. The van der Waals surface area contributed by atoms with E-state index in [-0.39, 0.29) is 0 Å². The molecule has 0 atom stereocenters. The van der Waals surface area contributed by atoms with Crippen molar-refractivity contribution in [3.63, 3.8) is 0 Å². The maximum absolute atomic E-state index is 5.21. The van der Waals surface area contributed by atoms with Crippen molar-refractivity contribution >= 4 is 34.1 Å². The maximum atomic E-state index is 5.21. The van der Waals surface area contributed by atoms with Crippen LogP contribution in [0.1, 0.15) is 5.56 Å². The van der Waals surface area contributed by atoms with E-state index >= 15 is 0 Å². The average Bonchev–Trinajstić information content (AvgIpc) is 2.42. The molecule has 0 fully saturated rings. The lowest BCUT2D eigenvalue weighted by molar-refractivity contribution is 0.419. The van der Waals surface area contributed by atoms with E-state index in [9.17, 15) is 0 Å². The Labute approximate surface area is 86.8 Å². The first kappa shape index (κ1) is 8.91. The van der Waals surface area contributed by atoms with Gasteiger partial charge in [0.15, 0.2) is 5.06 Å². The predicted molar refractivity (Wildman–Crippen MR) is 60.4 cm³/mol. The molecule has 2 rings (SSSR count). The van der Waals surface area contributed by atoms with Crippen LogP contribution in [0.4, 0.5) is 0 Å². The highest BCUT2D eigenvalue weighted by Crippen LogP contribution is 2.39. The van der Waals surface area contributed by atoms with Gasteiger partial charge >= 0.3 is 0 Å². The van der Waals surface area contributed by atoms with Crippen molar-refractivity contribution in [3.05, 3.63) is 23.8 Å². The first-order valence-corrected chi connectivity index (χ1v) is 5.25. The third-order valence-electron chi connectivity index (χ3n) is 1.97. The Morgan fingerprint density at radius 3 is 2.85 bits per heavy atom. The summed E-state index contributed by atoms with van der Waals surface area (Å²) in [6.07, 6.45) is 0. The third-order valence-corrected chi connectivity index (χ3v) is 3.68. The molecule has 0 amide bonds. The van der Waals surface area contributed by atoms with Gasteiger partial charge in [-0.15, -0.1) is 12.6 Å². The lowest BCUT2D eigenvalue weighted by atomic mass is 10.2. The Balaban J connectivity index is 2.76. The van der Waals surface area contributed by atoms with Crippen molar-refractivity contribution < 1.29 is 4.74 Å². The summed E-state index contributed by atoms with van der Waals surface area (Å²) in [4.78, 5) is 0.947. The van der Waals surface area contributed by atoms with Gasteiger partial charge in [0.25, 0.3) is 0 Å². The molecule has 0 aliphatic heterocycles. The van der Waals surface area contributed by atoms with Gasteiger partial charge in [-0.2, -0.15) is 0 Å². The van der Waals surface area contributed by atoms with Crippen LogP contribution in [0.5, 0.6) is 5.06 Å². The van der Waals surface area contributed by atoms with Gasteiger partial charge < -0.3 is 4.74 Å². The van der Waals surface area contributed by atoms with Crippen LogP contribution in [0.2, 0.25) is 0 Å². The van der Waals surface area contributed by atoms with Gasteiger partial charge in [0.2, 0.25) is 0 Å². The molecule has 1 heterocycles. The monoisotopic (exact) mass is 210 g/mol. The topological polar surface area (TPSA) is 9.23 Å². The van der Waals surface area contributed by atoms with Crippen molar-refractivity contribution in [2.75, 3.05) is 7.11 Å². The fourth-order valence-electron chi connectivity index (χ4n) is 1.31. The quantitative estimate of drug-likeness (QED) is 0.709. The van der Waals surface area contributed by atoms with Crippen molar-refractivity contribution in [2.24, 2.45) is 0 Å². The van der Waals surface area contributed by atoms with Crippen molar-refractivity contribution in [1.82, 2.24) is 0 Å². The van der Waals surface area contributed by atoms with Gasteiger partial charge in [0, 0.05) is 10.1 Å². The predicted octanol–water partition coefficient (Wildman–Crippen LogP) is 3.51. The van der Waals surface area contributed by atoms with E-state index in [0.29, 0.717) is 0 Å². The Hall–Kier alpha value is -0.670. The normalized spacial score (nSPS) is 10.7. The number of benzene rings is 1. The fraction of sp³-hybridized carbons (Fsp3) is 0.200. The Kier molecular flexibility index (Phi) is 2.22. The van der Waals surface area contributed by atoms with E-state index in [1.54, 1.807) is 18.4 Å².